The molecule has 0 aliphatic carbocycles. The number of likely N-dealkylation sites (N-methyl/N-ethyl adjacent to an activating group) is 1. The molecule has 46 heavy (non-hydrogen) atoms. The molecule has 2 heterocycles. The lowest BCUT2D eigenvalue weighted by molar-refractivity contribution is 0.271. The van der Waals surface area contributed by atoms with E-state index in [1.165, 1.54) is 37.8 Å². The fourth-order valence-corrected chi connectivity index (χ4v) is 5.98. The first-order chi connectivity index (χ1) is 22.5. The van der Waals surface area contributed by atoms with Gasteiger partial charge in [-0.05, 0) is 74.0 Å². The largest absolute Gasteiger partial charge is 0.496 e. The Hall–Kier alpha value is -4.17. The topological polar surface area (TPSA) is 71.2 Å². The van der Waals surface area contributed by atoms with Crippen molar-refractivity contribution in [2.24, 2.45) is 15.0 Å². The van der Waals surface area contributed by atoms with Gasteiger partial charge in [-0.15, -0.1) is 0 Å². The van der Waals surface area contributed by atoms with Crippen LogP contribution < -0.4 is 19.1 Å². The van der Waals surface area contributed by atoms with E-state index >= 15 is 0 Å². The van der Waals surface area contributed by atoms with Crippen LogP contribution in [-0.4, -0.2) is 75.8 Å². The highest BCUT2D eigenvalue weighted by molar-refractivity contribution is 6.54. The number of benzene rings is 3. The lowest BCUT2D eigenvalue weighted by Crippen LogP contribution is -2.46. The molecule has 2 aliphatic heterocycles. The molecule has 0 atom stereocenters. The molecule has 0 aromatic heterocycles. The lowest BCUT2D eigenvalue weighted by atomic mass is 10.1. The molecule has 0 N–H and O–H groups in total. The molecule has 2 aliphatic rings. The van der Waals surface area contributed by atoms with Crippen LogP contribution >= 0.6 is 0 Å². The minimum Gasteiger partial charge on any atom is -0.496 e. The quantitative estimate of drug-likeness (QED) is 0.161. The first-order valence-electron chi connectivity index (χ1n) is 16.8. The molecule has 1 fully saturated rings. The smallest absolute Gasteiger partial charge is 0.181 e. The number of piperazine rings is 1. The van der Waals surface area contributed by atoms with Crippen LogP contribution in [0.2, 0.25) is 0 Å². The predicted molar refractivity (Wildman–Crippen MR) is 191 cm³/mol. The molecule has 3 aromatic carbocycles. The third-order valence-electron chi connectivity index (χ3n) is 8.77. The Morgan fingerprint density at radius 1 is 0.761 bits per heavy atom. The summed E-state index contributed by atoms with van der Waals surface area (Å²) in [5.41, 5.74) is 5.41. The summed E-state index contributed by atoms with van der Waals surface area (Å²) in [7, 11) is 3.34. The predicted octanol–water partition coefficient (Wildman–Crippen LogP) is 7.87. The maximum atomic E-state index is 6.20. The van der Waals surface area contributed by atoms with Crippen molar-refractivity contribution in [2.45, 2.75) is 59.3 Å². The number of para-hydroxylation sites is 1. The number of amidine groups is 2. The molecule has 0 amide bonds. The fourth-order valence-electron chi connectivity index (χ4n) is 5.98. The molecule has 244 valence electrons. The van der Waals surface area contributed by atoms with Gasteiger partial charge in [-0.25, -0.2) is 15.0 Å². The summed E-state index contributed by atoms with van der Waals surface area (Å²) in [5.74, 6) is 3.25. The van der Waals surface area contributed by atoms with Crippen molar-refractivity contribution in [3.8, 4) is 17.2 Å². The number of nitrogens with zero attached hydrogens (tertiary/aromatic N) is 5. The minimum absolute atomic E-state index is 0.527. The summed E-state index contributed by atoms with van der Waals surface area (Å²) in [6.45, 7) is 12.6. The zero-order chi connectivity index (χ0) is 32.3. The van der Waals surface area contributed by atoms with Gasteiger partial charge < -0.3 is 24.0 Å². The van der Waals surface area contributed by atoms with Crippen molar-refractivity contribution < 1.29 is 14.2 Å². The van der Waals surface area contributed by atoms with Crippen molar-refractivity contribution in [1.82, 2.24) is 4.90 Å². The van der Waals surface area contributed by atoms with E-state index in [0.717, 1.165) is 67.3 Å². The lowest BCUT2D eigenvalue weighted by Gasteiger charge is -2.35. The SMILES string of the molecule is CCCCCCCCOc1ccc(OC)c(C2=NC(c3ccccc3OC)=NC2=Nc2ccc(N3CCN(CC)CC3)cc2C)c1. The number of methoxy groups -OCH3 is 2. The fraction of sp³-hybridized carbons (Fsp3) is 0.447. The highest BCUT2D eigenvalue weighted by atomic mass is 16.5. The Labute approximate surface area is 274 Å². The van der Waals surface area contributed by atoms with Gasteiger partial charge in [-0.2, -0.15) is 0 Å². The average molecular weight is 624 g/mol. The van der Waals surface area contributed by atoms with Crippen molar-refractivity contribution in [1.29, 1.82) is 0 Å². The summed E-state index contributed by atoms with van der Waals surface area (Å²) in [4.78, 5) is 20.1. The van der Waals surface area contributed by atoms with Crippen LogP contribution in [0.25, 0.3) is 0 Å². The Bertz CT molecular complexity index is 1560. The molecule has 8 heteroatoms. The highest BCUT2D eigenvalue weighted by Gasteiger charge is 2.26. The third kappa shape index (κ3) is 8.15. The molecule has 1 saturated heterocycles. The number of hydrogen-bond acceptors (Lipinski definition) is 7. The van der Waals surface area contributed by atoms with Crippen LogP contribution in [0.5, 0.6) is 17.2 Å². The van der Waals surface area contributed by atoms with Gasteiger partial charge in [0.15, 0.2) is 11.7 Å². The second-order valence-electron chi connectivity index (χ2n) is 11.9. The minimum atomic E-state index is 0.527. The van der Waals surface area contributed by atoms with E-state index in [9.17, 15) is 0 Å². The Morgan fingerprint density at radius 3 is 2.24 bits per heavy atom. The molecule has 0 spiro atoms. The van der Waals surface area contributed by atoms with E-state index in [0.29, 0.717) is 35.5 Å². The summed E-state index contributed by atoms with van der Waals surface area (Å²) >= 11 is 0. The Morgan fingerprint density at radius 2 is 1.50 bits per heavy atom. The standard InChI is InChI=1S/C38H49N5O3/c1-6-8-9-10-11-14-25-46-30-18-20-35(45-5)32(27-30)36-38(41-37(40-36)31-15-12-13-16-34(31)44-4)39-33-19-17-29(26-28(33)3)43-23-21-42(7-2)22-24-43/h12-13,15-20,26-27H,6-11,14,21-25H2,1-5H3. The molecule has 0 unspecified atom stereocenters. The first-order valence-corrected chi connectivity index (χ1v) is 16.8. The second kappa shape index (κ2) is 16.4. The maximum Gasteiger partial charge on any atom is 0.181 e. The Kier molecular flexibility index (Phi) is 11.8. The second-order valence-corrected chi connectivity index (χ2v) is 11.9. The van der Waals surface area contributed by atoms with Crippen LogP contribution in [-0.2, 0) is 0 Å². The number of aryl methyl sites for hydroxylation is 1. The van der Waals surface area contributed by atoms with Crippen molar-refractivity contribution in [2.75, 3.05) is 58.5 Å². The zero-order valence-corrected chi connectivity index (χ0v) is 28.2. The van der Waals surface area contributed by atoms with Crippen molar-refractivity contribution >= 4 is 28.8 Å². The molecular weight excluding hydrogens is 574 g/mol. The van der Waals surface area contributed by atoms with Crippen molar-refractivity contribution in [3.63, 3.8) is 0 Å². The third-order valence-corrected chi connectivity index (χ3v) is 8.77. The number of rotatable bonds is 15. The number of anilines is 1. The van der Waals surface area contributed by atoms with Crippen LogP contribution in [0.1, 0.15) is 69.1 Å². The summed E-state index contributed by atoms with van der Waals surface area (Å²) in [6, 6.07) is 20.2. The van der Waals surface area contributed by atoms with E-state index in [1.54, 1.807) is 14.2 Å². The normalized spacial score (nSPS) is 16.0. The molecule has 0 radical (unpaired) electrons. The summed E-state index contributed by atoms with van der Waals surface area (Å²) < 4.78 is 17.7. The molecule has 0 saturated carbocycles. The first kappa shape index (κ1) is 33.2. The van der Waals surface area contributed by atoms with E-state index in [-0.39, 0.29) is 0 Å². The average Bonchev–Trinajstić information content (AvgIpc) is 3.52. The van der Waals surface area contributed by atoms with Crippen LogP contribution in [0.3, 0.4) is 0 Å². The molecule has 3 aromatic rings. The number of aliphatic imine (C=N–C) groups is 3. The summed E-state index contributed by atoms with van der Waals surface area (Å²) in [6.07, 6.45) is 7.30. The number of hydrogen-bond donors (Lipinski definition) is 0. The maximum absolute atomic E-state index is 6.20. The summed E-state index contributed by atoms with van der Waals surface area (Å²) in [5, 5.41) is 0. The van der Waals surface area contributed by atoms with Gasteiger partial charge in [0, 0.05) is 37.4 Å². The van der Waals surface area contributed by atoms with Gasteiger partial charge in [0.05, 0.1) is 32.1 Å². The highest BCUT2D eigenvalue weighted by Crippen LogP contribution is 2.32. The van der Waals surface area contributed by atoms with E-state index in [2.05, 4.69) is 48.8 Å². The van der Waals surface area contributed by atoms with Gasteiger partial charge in [-0.1, -0.05) is 58.1 Å². The van der Waals surface area contributed by atoms with Gasteiger partial charge in [0.2, 0.25) is 0 Å². The van der Waals surface area contributed by atoms with Gasteiger partial charge in [0.25, 0.3) is 0 Å². The molecule has 8 nitrogen and oxygen atoms in total. The van der Waals surface area contributed by atoms with E-state index < -0.39 is 0 Å². The monoisotopic (exact) mass is 623 g/mol. The Balaban J connectivity index is 1.45. The number of ether oxygens (including phenoxy) is 3. The molecule has 0 bridgehead atoms. The van der Waals surface area contributed by atoms with Crippen LogP contribution in [0.4, 0.5) is 11.4 Å². The van der Waals surface area contributed by atoms with Crippen LogP contribution in [0, 0.1) is 6.92 Å². The zero-order valence-electron chi connectivity index (χ0n) is 28.2. The van der Waals surface area contributed by atoms with Crippen molar-refractivity contribution in [3.05, 3.63) is 77.4 Å². The molecular formula is C38H49N5O3. The molecule has 5 rings (SSSR count). The van der Waals surface area contributed by atoms with E-state index in [1.807, 2.05) is 42.5 Å². The number of unbranched alkanes of at least 4 members (excludes halogenated alkanes) is 5. The van der Waals surface area contributed by atoms with Gasteiger partial charge in [-0.3, -0.25) is 0 Å². The van der Waals surface area contributed by atoms with Gasteiger partial charge in [0.1, 0.15) is 23.0 Å². The van der Waals surface area contributed by atoms with Gasteiger partial charge >= 0.3 is 0 Å². The van der Waals surface area contributed by atoms with E-state index in [4.69, 9.17) is 29.2 Å². The van der Waals surface area contributed by atoms with Crippen LogP contribution in [0.15, 0.2) is 75.6 Å².